The highest BCUT2D eigenvalue weighted by Crippen LogP contribution is 2.23. The van der Waals surface area contributed by atoms with Gasteiger partial charge in [-0.05, 0) is 48.5 Å². The third-order valence-corrected chi connectivity index (χ3v) is 4.16. The number of aromatic amines is 1. The number of hydrogen-bond donors (Lipinski definition) is 1. The Labute approximate surface area is 148 Å². The lowest BCUT2D eigenvalue weighted by Crippen LogP contribution is -2.26. The van der Waals surface area contributed by atoms with Crippen molar-refractivity contribution in [3.05, 3.63) is 58.7 Å². The molecule has 2 aromatic carbocycles. The van der Waals surface area contributed by atoms with Gasteiger partial charge in [0.1, 0.15) is 18.1 Å². The summed E-state index contributed by atoms with van der Waals surface area (Å²) in [6.07, 6.45) is 5.17. The monoisotopic (exact) mass is 382 g/mol. The average Bonchev–Trinajstić information content (AvgIpc) is 3.02. The van der Waals surface area contributed by atoms with Gasteiger partial charge in [-0.15, -0.1) is 6.42 Å². The summed E-state index contributed by atoms with van der Waals surface area (Å²) in [7, 11) is 1.74. The summed E-state index contributed by atoms with van der Waals surface area (Å²) < 4.78 is 6.31. The van der Waals surface area contributed by atoms with Crippen molar-refractivity contribution in [2.75, 3.05) is 18.6 Å². The number of carbonyl (C=O) groups is 1. The maximum atomic E-state index is 12.7. The van der Waals surface area contributed by atoms with E-state index in [1.165, 1.54) is 0 Å². The molecule has 120 valence electrons. The number of amides is 1. The van der Waals surface area contributed by atoms with E-state index >= 15 is 0 Å². The number of carbonyl (C=O) groups excluding carboxylic acids is 1. The number of fused-ring (bicyclic) bond motifs is 1. The SMILES string of the molecule is C#CCOc1ccc(N(C)C(=O)c2cc3cc(Br)ccc3[nH]2)cc1. The lowest BCUT2D eigenvalue weighted by Gasteiger charge is -2.16. The molecule has 5 heteroatoms. The summed E-state index contributed by atoms with van der Waals surface area (Å²) in [5, 5.41) is 0.985. The number of aromatic nitrogens is 1. The molecular formula is C19H15BrN2O2. The van der Waals surface area contributed by atoms with Crippen LogP contribution < -0.4 is 9.64 Å². The molecular weight excluding hydrogens is 368 g/mol. The first kappa shape index (κ1) is 16.2. The number of nitrogens with zero attached hydrogens (tertiary/aromatic N) is 1. The molecule has 0 spiro atoms. The molecule has 0 bridgehead atoms. The zero-order chi connectivity index (χ0) is 17.1. The van der Waals surface area contributed by atoms with Crippen LogP contribution >= 0.6 is 15.9 Å². The Morgan fingerprint density at radius 1 is 1.25 bits per heavy atom. The van der Waals surface area contributed by atoms with Crippen LogP contribution in [-0.4, -0.2) is 24.5 Å². The molecule has 0 saturated heterocycles. The van der Waals surface area contributed by atoms with Crippen LogP contribution in [0.4, 0.5) is 5.69 Å². The third-order valence-electron chi connectivity index (χ3n) is 3.66. The van der Waals surface area contributed by atoms with Crippen LogP contribution in [0, 0.1) is 12.3 Å². The minimum absolute atomic E-state index is 0.111. The van der Waals surface area contributed by atoms with E-state index in [4.69, 9.17) is 11.2 Å². The van der Waals surface area contributed by atoms with Gasteiger partial charge in [0.25, 0.3) is 5.91 Å². The van der Waals surface area contributed by atoms with E-state index in [0.717, 1.165) is 21.1 Å². The van der Waals surface area contributed by atoms with Crippen LogP contribution in [0.3, 0.4) is 0 Å². The summed E-state index contributed by atoms with van der Waals surface area (Å²) in [6, 6.07) is 14.9. The van der Waals surface area contributed by atoms with Gasteiger partial charge >= 0.3 is 0 Å². The van der Waals surface area contributed by atoms with Crippen molar-refractivity contribution in [2.24, 2.45) is 0 Å². The van der Waals surface area contributed by atoms with Gasteiger partial charge < -0.3 is 14.6 Å². The van der Waals surface area contributed by atoms with Crippen molar-refractivity contribution < 1.29 is 9.53 Å². The number of halogens is 1. The van der Waals surface area contributed by atoms with Crippen LogP contribution in [0.25, 0.3) is 10.9 Å². The van der Waals surface area contributed by atoms with Crippen molar-refractivity contribution in [2.45, 2.75) is 0 Å². The van der Waals surface area contributed by atoms with E-state index in [9.17, 15) is 4.79 Å². The number of nitrogens with one attached hydrogen (secondary N) is 1. The molecule has 0 atom stereocenters. The van der Waals surface area contributed by atoms with Crippen molar-refractivity contribution >= 4 is 38.4 Å². The number of anilines is 1. The van der Waals surface area contributed by atoms with Crippen LogP contribution in [0.2, 0.25) is 0 Å². The highest BCUT2D eigenvalue weighted by molar-refractivity contribution is 9.10. The Balaban J connectivity index is 1.81. The molecule has 0 unspecified atom stereocenters. The zero-order valence-corrected chi connectivity index (χ0v) is 14.6. The normalized spacial score (nSPS) is 10.4. The van der Waals surface area contributed by atoms with Gasteiger partial charge in [-0.3, -0.25) is 4.79 Å². The molecule has 0 saturated carbocycles. The maximum absolute atomic E-state index is 12.7. The zero-order valence-electron chi connectivity index (χ0n) is 13.0. The van der Waals surface area contributed by atoms with Crippen LogP contribution in [0.5, 0.6) is 5.75 Å². The molecule has 24 heavy (non-hydrogen) atoms. The van der Waals surface area contributed by atoms with E-state index < -0.39 is 0 Å². The van der Waals surface area contributed by atoms with Crippen LogP contribution in [0.15, 0.2) is 53.0 Å². The Kier molecular flexibility index (Phi) is 4.59. The van der Waals surface area contributed by atoms with Gasteiger partial charge in [0.2, 0.25) is 0 Å². The highest BCUT2D eigenvalue weighted by atomic mass is 79.9. The fourth-order valence-electron chi connectivity index (χ4n) is 2.41. The number of terminal acetylenes is 1. The number of benzene rings is 2. The van der Waals surface area contributed by atoms with E-state index in [0.29, 0.717) is 11.4 Å². The maximum Gasteiger partial charge on any atom is 0.274 e. The summed E-state index contributed by atoms with van der Waals surface area (Å²) in [5.74, 6) is 2.98. The largest absolute Gasteiger partial charge is 0.481 e. The molecule has 3 aromatic rings. The lowest BCUT2D eigenvalue weighted by molar-refractivity contribution is 0.0989. The minimum Gasteiger partial charge on any atom is -0.481 e. The van der Waals surface area contributed by atoms with Gasteiger partial charge in [-0.2, -0.15) is 0 Å². The smallest absolute Gasteiger partial charge is 0.274 e. The summed E-state index contributed by atoms with van der Waals surface area (Å²) in [5.41, 5.74) is 2.24. The Morgan fingerprint density at radius 3 is 2.71 bits per heavy atom. The summed E-state index contributed by atoms with van der Waals surface area (Å²) in [4.78, 5) is 17.4. The molecule has 4 nitrogen and oxygen atoms in total. The standard InChI is InChI=1S/C19H15BrN2O2/c1-3-10-24-16-7-5-15(6-8-16)22(2)19(23)18-12-13-11-14(20)4-9-17(13)21-18/h1,4-9,11-12,21H,10H2,2H3. The molecule has 0 aliphatic heterocycles. The molecule has 1 aromatic heterocycles. The molecule has 0 aliphatic carbocycles. The van der Waals surface area contributed by atoms with Crippen LogP contribution in [-0.2, 0) is 0 Å². The van der Waals surface area contributed by atoms with Gasteiger partial charge in [0.15, 0.2) is 0 Å². The fourth-order valence-corrected chi connectivity index (χ4v) is 2.79. The van der Waals surface area contributed by atoms with E-state index in [1.807, 2.05) is 36.4 Å². The summed E-state index contributed by atoms with van der Waals surface area (Å²) >= 11 is 3.44. The van der Waals surface area contributed by atoms with Crippen LogP contribution in [0.1, 0.15) is 10.5 Å². The topological polar surface area (TPSA) is 45.3 Å². The second kappa shape index (κ2) is 6.81. The fraction of sp³-hybridized carbons (Fsp3) is 0.105. The Morgan fingerprint density at radius 2 is 2.00 bits per heavy atom. The van der Waals surface area contributed by atoms with Gasteiger partial charge in [0, 0.05) is 28.1 Å². The molecule has 0 aliphatic rings. The van der Waals surface area contributed by atoms with E-state index in [1.54, 1.807) is 24.1 Å². The molecule has 3 rings (SSSR count). The minimum atomic E-state index is -0.111. The van der Waals surface area contributed by atoms with Gasteiger partial charge in [0.05, 0.1) is 0 Å². The Hall–Kier alpha value is -2.71. The number of ether oxygens (including phenoxy) is 1. The molecule has 1 N–H and O–H groups in total. The lowest BCUT2D eigenvalue weighted by atomic mass is 10.2. The van der Waals surface area contributed by atoms with E-state index in [-0.39, 0.29) is 12.5 Å². The molecule has 1 amide bonds. The first-order chi connectivity index (χ1) is 11.6. The second-order valence-corrected chi connectivity index (χ2v) is 6.18. The van der Waals surface area contributed by atoms with Crippen molar-refractivity contribution in [1.82, 2.24) is 4.98 Å². The first-order valence-electron chi connectivity index (χ1n) is 7.31. The molecule has 0 fully saturated rings. The number of hydrogen-bond acceptors (Lipinski definition) is 2. The van der Waals surface area contributed by atoms with Crippen molar-refractivity contribution in [3.8, 4) is 18.1 Å². The van der Waals surface area contributed by atoms with Gasteiger partial charge in [-0.25, -0.2) is 0 Å². The predicted octanol–water partition coefficient (Wildman–Crippen LogP) is 4.22. The Bertz CT molecular complexity index is 923. The quantitative estimate of drug-likeness (QED) is 0.686. The second-order valence-electron chi connectivity index (χ2n) is 5.27. The number of H-pyrrole nitrogens is 1. The molecule has 0 radical (unpaired) electrons. The number of rotatable bonds is 4. The molecule has 1 heterocycles. The van der Waals surface area contributed by atoms with E-state index in [2.05, 4.69) is 26.8 Å². The van der Waals surface area contributed by atoms with Gasteiger partial charge in [-0.1, -0.05) is 21.9 Å². The van der Waals surface area contributed by atoms with Crippen molar-refractivity contribution in [1.29, 1.82) is 0 Å². The van der Waals surface area contributed by atoms with Crippen molar-refractivity contribution in [3.63, 3.8) is 0 Å². The highest BCUT2D eigenvalue weighted by Gasteiger charge is 2.16. The summed E-state index contributed by atoms with van der Waals surface area (Å²) in [6.45, 7) is 0.221. The average molecular weight is 383 g/mol. The first-order valence-corrected chi connectivity index (χ1v) is 8.10. The third kappa shape index (κ3) is 3.29. The predicted molar refractivity (Wildman–Crippen MR) is 99.5 cm³/mol.